The molecule has 0 fully saturated rings. The van der Waals surface area contributed by atoms with Gasteiger partial charge in [0.2, 0.25) is 0 Å². The van der Waals surface area contributed by atoms with Crippen LogP contribution in [0.3, 0.4) is 0 Å². The Morgan fingerprint density at radius 2 is 2.13 bits per heavy atom. The van der Waals surface area contributed by atoms with Crippen molar-refractivity contribution in [2.45, 2.75) is 17.8 Å². The topological polar surface area (TPSA) is 53.1 Å². The summed E-state index contributed by atoms with van der Waals surface area (Å²) in [6.07, 6.45) is 1.66. The zero-order valence-electron chi connectivity index (χ0n) is 13.0. The van der Waals surface area contributed by atoms with Crippen LogP contribution in [0.2, 0.25) is 5.02 Å². The Morgan fingerprint density at radius 1 is 1.30 bits per heavy atom. The van der Waals surface area contributed by atoms with E-state index < -0.39 is 0 Å². The lowest BCUT2D eigenvalue weighted by molar-refractivity contribution is 0.411. The zero-order valence-corrected chi connectivity index (χ0v) is 14.6. The molecule has 120 valence electrons. The molecule has 0 aliphatic carbocycles. The van der Waals surface area contributed by atoms with Crippen LogP contribution in [0.4, 0.5) is 0 Å². The van der Waals surface area contributed by atoms with Crippen molar-refractivity contribution in [1.82, 2.24) is 14.8 Å². The summed E-state index contributed by atoms with van der Waals surface area (Å²) in [4.78, 5) is 0. The molecule has 0 N–H and O–H groups in total. The molecule has 0 saturated carbocycles. The molecule has 0 spiro atoms. The average Bonchev–Trinajstić information content (AvgIpc) is 3.11. The largest absolute Gasteiger partial charge is 0.496 e. The van der Waals surface area contributed by atoms with Gasteiger partial charge in [0.25, 0.3) is 0 Å². The molecule has 0 saturated heterocycles. The minimum atomic E-state index is 0.689. The Balaban J connectivity index is 1.81. The maximum atomic E-state index is 6.07. The maximum absolute atomic E-state index is 6.07. The number of ether oxygens (including phenoxy) is 1. The summed E-state index contributed by atoms with van der Waals surface area (Å²) in [5, 5.41) is 10.0. The van der Waals surface area contributed by atoms with Crippen LogP contribution >= 0.6 is 23.4 Å². The van der Waals surface area contributed by atoms with E-state index in [2.05, 4.69) is 10.2 Å². The first-order valence-electron chi connectivity index (χ1n) is 6.99. The number of hydrogen-bond donors (Lipinski definition) is 0. The van der Waals surface area contributed by atoms with Gasteiger partial charge in [0.15, 0.2) is 11.0 Å². The lowest BCUT2D eigenvalue weighted by Gasteiger charge is -2.08. The lowest BCUT2D eigenvalue weighted by Crippen LogP contribution is -1.96. The number of furan rings is 1. The minimum Gasteiger partial charge on any atom is -0.496 e. The lowest BCUT2D eigenvalue weighted by atomic mass is 10.2. The predicted molar refractivity (Wildman–Crippen MR) is 91.0 cm³/mol. The van der Waals surface area contributed by atoms with Gasteiger partial charge < -0.3 is 13.7 Å². The van der Waals surface area contributed by atoms with Gasteiger partial charge in [0.1, 0.15) is 11.5 Å². The molecule has 0 atom stereocenters. The van der Waals surface area contributed by atoms with E-state index in [4.69, 9.17) is 20.8 Å². The first-order valence-corrected chi connectivity index (χ1v) is 8.35. The second-order valence-corrected chi connectivity index (χ2v) is 6.38. The van der Waals surface area contributed by atoms with Gasteiger partial charge in [-0.25, -0.2) is 0 Å². The molecule has 0 radical (unpaired) electrons. The van der Waals surface area contributed by atoms with Crippen LogP contribution in [0.1, 0.15) is 11.3 Å². The second kappa shape index (κ2) is 6.68. The van der Waals surface area contributed by atoms with Crippen LogP contribution in [0, 0.1) is 6.92 Å². The SMILES string of the molecule is COc1ccc(Cl)cc1CSc1nnc(-c2ccoc2C)n1C. The standard InChI is InChI=1S/C16H16ClN3O2S/c1-10-13(6-7-22-10)15-18-19-16(20(15)2)23-9-11-8-12(17)4-5-14(11)21-3/h4-8H,9H2,1-3H3. The average molecular weight is 350 g/mol. The van der Waals surface area contributed by atoms with Crippen LogP contribution < -0.4 is 4.74 Å². The number of methoxy groups -OCH3 is 1. The van der Waals surface area contributed by atoms with E-state index in [-0.39, 0.29) is 0 Å². The molecule has 1 aromatic carbocycles. The first-order chi connectivity index (χ1) is 11.1. The molecule has 0 amide bonds. The number of aryl methyl sites for hydroxylation is 1. The third-order valence-corrected chi connectivity index (χ3v) is 4.84. The van der Waals surface area contributed by atoms with Gasteiger partial charge in [-0.2, -0.15) is 0 Å². The molecule has 5 nitrogen and oxygen atoms in total. The quantitative estimate of drug-likeness (QED) is 0.641. The summed E-state index contributed by atoms with van der Waals surface area (Å²) in [6.45, 7) is 1.91. The molecule has 23 heavy (non-hydrogen) atoms. The highest BCUT2D eigenvalue weighted by atomic mass is 35.5. The van der Waals surface area contributed by atoms with Crippen LogP contribution in [0.15, 0.2) is 40.1 Å². The van der Waals surface area contributed by atoms with Gasteiger partial charge in [-0.15, -0.1) is 10.2 Å². The number of benzene rings is 1. The van der Waals surface area contributed by atoms with Crippen LogP contribution in [-0.4, -0.2) is 21.9 Å². The van der Waals surface area contributed by atoms with Crippen molar-refractivity contribution in [2.75, 3.05) is 7.11 Å². The van der Waals surface area contributed by atoms with E-state index >= 15 is 0 Å². The molecule has 0 bridgehead atoms. The Labute approximate surface area is 143 Å². The summed E-state index contributed by atoms with van der Waals surface area (Å²) < 4.78 is 12.7. The van der Waals surface area contributed by atoms with E-state index in [0.29, 0.717) is 10.8 Å². The Kier molecular flexibility index (Phi) is 4.63. The number of rotatable bonds is 5. The summed E-state index contributed by atoms with van der Waals surface area (Å²) in [5.41, 5.74) is 1.97. The van der Waals surface area contributed by atoms with E-state index in [1.54, 1.807) is 25.1 Å². The molecule has 7 heteroatoms. The van der Waals surface area contributed by atoms with E-state index in [9.17, 15) is 0 Å². The molecule has 2 aromatic heterocycles. The second-order valence-electron chi connectivity index (χ2n) is 5.00. The zero-order chi connectivity index (χ0) is 16.4. The highest BCUT2D eigenvalue weighted by Gasteiger charge is 2.15. The van der Waals surface area contributed by atoms with Gasteiger partial charge in [-0.1, -0.05) is 23.4 Å². The minimum absolute atomic E-state index is 0.689. The number of hydrogen-bond acceptors (Lipinski definition) is 5. The summed E-state index contributed by atoms with van der Waals surface area (Å²) in [7, 11) is 3.60. The van der Waals surface area contributed by atoms with Gasteiger partial charge in [-0.05, 0) is 31.2 Å². The molecular weight excluding hydrogens is 334 g/mol. The van der Waals surface area contributed by atoms with E-state index in [0.717, 1.165) is 33.6 Å². The van der Waals surface area contributed by atoms with Crippen molar-refractivity contribution in [3.05, 3.63) is 46.9 Å². The third-order valence-electron chi connectivity index (χ3n) is 3.53. The van der Waals surface area contributed by atoms with E-state index in [1.165, 1.54) is 0 Å². The first kappa shape index (κ1) is 16.0. The molecule has 0 unspecified atom stereocenters. The number of aromatic nitrogens is 3. The monoisotopic (exact) mass is 349 g/mol. The number of nitrogens with zero attached hydrogens (tertiary/aromatic N) is 3. The van der Waals surface area contributed by atoms with Crippen molar-refractivity contribution in [1.29, 1.82) is 0 Å². The molecule has 3 rings (SSSR count). The summed E-state index contributed by atoms with van der Waals surface area (Å²) >= 11 is 7.65. The molecule has 3 aromatic rings. The fourth-order valence-electron chi connectivity index (χ4n) is 2.29. The molecule has 2 heterocycles. The maximum Gasteiger partial charge on any atom is 0.191 e. The van der Waals surface area contributed by atoms with E-state index in [1.807, 2.05) is 42.8 Å². The van der Waals surface area contributed by atoms with Gasteiger partial charge >= 0.3 is 0 Å². The van der Waals surface area contributed by atoms with Crippen molar-refractivity contribution in [3.63, 3.8) is 0 Å². The fraction of sp³-hybridized carbons (Fsp3) is 0.250. The van der Waals surface area contributed by atoms with Crippen LogP contribution in [0.5, 0.6) is 5.75 Å². The van der Waals surface area contributed by atoms with Gasteiger partial charge in [0.05, 0.1) is 18.9 Å². The van der Waals surface area contributed by atoms with Gasteiger partial charge in [0, 0.05) is 23.4 Å². The molecular formula is C16H16ClN3O2S. The fourth-order valence-corrected chi connectivity index (χ4v) is 3.38. The van der Waals surface area contributed by atoms with Crippen molar-refractivity contribution in [2.24, 2.45) is 7.05 Å². The molecule has 0 aliphatic heterocycles. The Hall–Kier alpha value is -1.92. The summed E-state index contributed by atoms with van der Waals surface area (Å²) in [5.74, 6) is 3.13. The Bertz CT molecular complexity index is 829. The highest BCUT2D eigenvalue weighted by molar-refractivity contribution is 7.98. The summed E-state index contributed by atoms with van der Waals surface area (Å²) in [6, 6.07) is 7.49. The Morgan fingerprint density at radius 3 is 2.83 bits per heavy atom. The normalized spacial score (nSPS) is 11.0. The number of halogens is 1. The van der Waals surface area contributed by atoms with Crippen LogP contribution in [0.25, 0.3) is 11.4 Å². The third kappa shape index (κ3) is 3.23. The van der Waals surface area contributed by atoms with Crippen molar-refractivity contribution < 1.29 is 9.15 Å². The van der Waals surface area contributed by atoms with Crippen molar-refractivity contribution >= 4 is 23.4 Å². The van der Waals surface area contributed by atoms with Gasteiger partial charge in [-0.3, -0.25) is 0 Å². The van der Waals surface area contributed by atoms with Crippen molar-refractivity contribution in [3.8, 4) is 17.1 Å². The number of thioether (sulfide) groups is 1. The van der Waals surface area contributed by atoms with Crippen LogP contribution in [-0.2, 0) is 12.8 Å². The highest BCUT2D eigenvalue weighted by Crippen LogP contribution is 2.31. The smallest absolute Gasteiger partial charge is 0.191 e. The molecule has 0 aliphatic rings. The predicted octanol–water partition coefficient (Wildman–Crippen LogP) is 4.34.